The molecule has 1 aromatic carbocycles. The molecule has 2 aromatic rings. The predicted octanol–water partition coefficient (Wildman–Crippen LogP) is 5.16. The van der Waals surface area contributed by atoms with Gasteiger partial charge in [0.2, 0.25) is 0 Å². The summed E-state index contributed by atoms with van der Waals surface area (Å²) in [7, 11) is 0. The van der Waals surface area contributed by atoms with Crippen molar-refractivity contribution in [3.05, 3.63) is 34.2 Å². The minimum Gasteiger partial charge on any atom is -0.444 e. The number of piperidine rings is 1. The molecule has 1 amide bonds. The highest BCUT2D eigenvalue weighted by atomic mass is 35.5. The molecule has 1 saturated heterocycles. The van der Waals surface area contributed by atoms with E-state index in [0.29, 0.717) is 24.4 Å². The molecule has 1 fully saturated rings. The van der Waals surface area contributed by atoms with E-state index in [1.165, 1.54) is 0 Å². The van der Waals surface area contributed by atoms with Crippen LogP contribution in [0.15, 0.2) is 24.3 Å². The maximum Gasteiger partial charge on any atom is 0.410 e. The molecule has 136 valence electrons. The fourth-order valence-corrected chi connectivity index (χ4v) is 4.80. The van der Waals surface area contributed by atoms with Crippen molar-refractivity contribution < 1.29 is 14.6 Å². The molecule has 2 unspecified atom stereocenters. The van der Waals surface area contributed by atoms with Gasteiger partial charge in [0, 0.05) is 39.0 Å². The highest BCUT2D eigenvalue weighted by molar-refractivity contribution is 7.19. The van der Waals surface area contributed by atoms with E-state index in [4.69, 9.17) is 16.3 Å². The summed E-state index contributed by atoms with van der Waals surface area (Å²) in [6.45, 7) is 7.99. The molecule has 0 spiro atoms. The van der Waals surface area contributed by atoms with Crippen LogP contribution in [0.5, 0.6) is 0 Å². The Bertz CT molecular complexity index is 798. The maximum absolute atomic E-state index is 12.4. The van der Waals surface area contributed by atoms with Gasteiger partial charge in [-0.25, -0.2) is 4.79 Å². The minimum atomic E-state index is -0.940. The van der Waals surface area contributed by atoms with E-state index in [2.05, 4.69) is 0 Å². The zero-order valence-corrected chi connectivity index (χ0v) is 16.6. The van der Waals surface area contributed by atoms with Crippen LogP contribution >= 0.6 is 22.9 Å². The summed E-state index contributed by atoms with van der Waals surface area (Å²) < 4.78 is 6.54. The number of benzene rings is 1. The first-order valence-electron chi connectivity index (χ1n) is 8.50. The van der Waals surface area contributed by atoms with Crippen LogP contribution in [0.3, 0.4) is 0 Å². The lowest BCUT2D eigenvalue weighted by Crippen LogP contribution is -2.51. The Hall–Kier alpha value is -1.30. The van der Waals surface area contributed by atoms with Gasteiger partial charge in [-0.3, -0.25) is 0 Å². The Labute approximate surface area is 157 Å². The summed E-state index contributed by atoms with van der Waals surface area (Å²) in [6, 6.07) is 7.67. The fourth-order valence-electron chi connectivity index (χ4n) is 3.30. The summed E-state index contributed by atoms with van der Waals surface area (Å²) in [4.78, 5) is 15.0. The summed E-state index contributed by atoms with van der Waals surface area (Å²) in [5.74, 6) is 0. The summed E-state index contributed by atoms with van der Waals surface area (Å²) in [6.07, 6.45) is 0.652. The first-order chi connectivity index (χ1) is 11.6. The first kappa shape index (κ1) is 18.5. The molecule has 0 aliphatic carbocycles. The molecule has 4 nitrogen and oxygen atoms in total. The van der Waals surface area contributed by atoms with Crippen molar-refractivity contribution in [2.24, 2.45) is 0 Å². The lowest BCUT2D eigenvalue weighted by Gasteiger charge is -2.42. The van der Waals surface area contributed by atoms with Crippen molar-refractivity contribution in [1.29, 1.82) is 0 Å². The number of carbonyl (C=O) groups excluding carboxylic acids is 1. The number of rotatable bonds is 1. The first-order valence-corrected chi connectivity index (χ1v) is 9.69. The van der Waals surface area contributed by atoms with Gasteiger partial charge in [0.1, 0.15) is 11.2 Å². The van der Waals surface area contributed by atoms with Crippen molar-refractivity contribution in [2.75, 3.05) is 6.54 Å². The number of hydrogen-bond acceptors (Lipinski definition) is 4. The Morgan fingerprint density at radius 1 is 1.44 bits per heavy atom. The number of fused-ring (bicyclic) bond motifs is 1. The van der Waals surface area contributed by atoms with E-state index < -0.39 is 11.2 Å². The van der Waals surface area contributed by atoms with Crippen LogP contribution in [0, 0.1) is 0 Å². The normalized spacial score (nSPS) is 24.6. The lowest BCUT2D eigenvalue weighted by molar-refractivity contribution is -0.0525. The molecule has 1 aromatic heterocycles. The summed E-state index contributed by atoms with van der Waals surface area (Å²) in [5, 5.41) is 12.9. The number of amides is 1. The molecule has 2 heterocycles. The fraction of sp³-hybridized carbons (Fsp3) is 0.526. The second kappa shape index (κ2) is 6.45. The molecule has 1 N–H and O–H groups in total. The molecule has 0 saturated carbocycles. The van der Waals surface area contributed by atoms with Gasteiger partial charge in [-0.1, -0.05) is 17.7 Å². The van der Waals surface area contributed by atoms with Crippen molar-refractivity contribution in [1.82, 2.24) is 4.90 Å². The Morgan fingerprint density at radius 3 is 2.76 bits per heavy atom. The van der Waals surface area contributed by atoms with Crippen molar-refractivity contribution in [3.8, 4) is 0 Å². The topological polar surface area (TPSA) is 49.8 Å². The SMILES string of the molecule is CC1CC(O)(c2cc3c(Cl)cccc3s2)CCN1C(=O)OC(C)(C)C. The van der Waals surface area contributed by atoms with Crippen molar-refractivity contribution in [2.45, 2.75) is 57.8 Å². The minimum absolute atomic E-state index is 0.103. The molecular weight excluding hydrogens is 358 g/mol. The van der Waals surface area contributed by atoms with Crippen LogP contribution in [0.25, 0.3) is 10.1 Å². The van der Waals surface area contributed by atoms with Crippen LogP contribution in [-0.4, -0.2) is 34.3 Å². The molecule has 2 atom stereocenters. The predicted molar refractivity (Wildman–Crippen MR) is 102 cm³/mol. The van der Waals surface area contributed by atoms with Gasteiger partial charge in [0.05, 0.1) is 0 Å². The average Bonchev–Trinajstić information content (AvgIpc) is 2.91. The zero-order chi connectivity index (χ0) is 18.4. The maximum atomic E-state index is 12.4. The second-order valence-electron chi connectivity index (χ2n) is 7.77. The Morgan fingerprint density at radius 2 is 2.16 bits per heavy atom. The monoisotopic (exact) mass is 381 g/mol. The molecule has 1 aliphatic rings. The number of halogens is 1. The number of ether oxygens (including phenoxy) is 1. The van der Waals surface area contributed by atoms with Crippen LogP contribution < -0.4 is 0 Å². The average molecular weight is 382 g/mol. The van der Waals surface area contributed by atoms with E-state index >= 15 is 0 Å². The summed E-state index contributed by atoms with van der Waals surface area (Å²) >= 11 is 7.83. The van der Waals surface area contributed by atoms with Crippen molar-refractivity contribution >= 4 is 39.1 Å². The third-order valence-corrected chi connectivity index (χ3v) is 6.15. The number of likely N-dealkylation sites (tertiary alicyclic amines) is 1. The molecule has 0 bridgehead atoms. The molecule has 25 heavy (non-hydrogen) atoms. The summed E-state index contributed by atoms with van der Waals surface area (Å²) in [5.41, 5.74) is -1.46. The quantitative estimate of drug-likeness (QED) is 0.742. The van der Waals surface area contributed by atoms with Crippen LogP contribution in [0.2, 0.25) is 5.02 Å². The number of carbonyl (C=O) groups is 1. The third kappa shape index (κ3) is 3.78. The van der Waals surface area contributed by atoms with Gasteiger partial charge in [0.15, 0.2) is 0 Å². The Kier molecular flexibility index (Phi) is 4.77. The van der Waals surface area contributed by atoms with Crippen LogP contribution in [-0.2, 0) is 10.3 Å². The molecule has 6 heteroatoms. The van der Waals surface area contributed by atoms with E-state index in [0.717, 1.165) is 15.0 Å². The number of aliphatic hydroxyl groups is 1. The third-order valence-electron chi connectivity index (χ3n) is 4.53. The smallest absolute Gasteiger partial charge is 0.410 e. The molecule has 1 aliphatic heterocycles. The van der Waals surface area contributed by atoms with Gasteiger partial charge >= 0.3 is 6.09 Å². The van der Waals surface area contributed by atoms with E-state index in [1.54, 1.807) is 16.2 Å². The number of thiophene rings is 1. The van der Waals surface area contributed by atoms with Gasteiger partial charge in [-0.05, 0) is 52.3 Å². The van der Waals surface area contributed by atoms with Crippen LogP contribution in [0.1, 0.15) is 45.4 Å². The zero-order valence-electron chi connectivity index (χ0n) is 15.0. The van der Waals surface area contributed by atoms with E-state index in [1.807, 2.05) is 52.0 Å². The Balaban J connectivity index is 1.80. The highest BCUT2D eigenvalue weighted by Crippen LogP contribution is 2.43. The highest BCUT2D eigenvalue weighted by Gasteiger charge is 2.41. The number of nitrogens with zero attached hydrogens (tertiary/aromatic N) is 1. The number of hydrogen-bond donors (Lipinski definition) is 1. The van der Waals surface area contributed by atoms with E-state index in [-0.39, 0.29) is 12.1 Å². The molecule has 3 rings (SSSR count). The van der Waals surface area contributed by atoms with Gasteiger partial charge < -0.3 is 14.7 Å². The van der Waals surface area contributed by atoms with Gasteiger partial charge in [0.25, 0.3) is 0 Å². The largest absolute Gasteiger partial charge is 0.444 e. The van der Waals surface area contributed by atoms with Crippen molar-refractivity contribution in [3.63, 3.8) is 0 Å². The van der Waals surface area contributed by atoms with Gasteiger partial charge in [-0.15, -0.1) is 11.3 Å². The lowest BCUT2D eigenvalue weighted by atomic mass is 9.85. The van der Waals surface area contributed by atoms with Gasteiger partial charge in [-0.2, -0.15) is 0 Å². The van der Waals surface area contributed by atoms with E-state index in [9.17, 15) is 9.90 Å². The second-order valence-corrected chi connectivity index (χ2v) is 9.26. The standard InChI is InChI=1S/C19H24ClNO3S/c1-12-11-19(23,8-9-21(12)17(22)24-18(2,3)4)16-10-13-14(20)6-5-7-15(13)25-16/h5-7,10,12,23H,8-9,11H2,1-4H3. The van der Waals surface area contributed by atoms with Crippen LogP contribution in [0.4, 0.5) is 4.79 Å². The molecule has 0 radical (unpaired) electrons. The molecular formula is C19H24ClNO3S.